The van der Waals surface area contributed by atoms with E-state index in [0.717, 1.165) is 28.6 Å². The molecule has 104 valence electrons. The molecule has 0 radical (unpaired) electrons. The Kier molecular flexibility index (Phi) is 4.98. The lowest BCUT2D eigenvalue weighted by molar-refractivity contribution is -0.384. The number of nitrogens with zero attached hydrogens (tertiary/aromatic N) is 2. The van der Waals surface area contributed by atoms with Crippen molar-refractivity contribution in [1.29, 1.82) is 0 Å². The zero-order chi connectivity index (χ0) is 13.8. The van der Waals surface area contributed by atoms with Gasteiger partial charge in [0.1, 0.15) is 0 Å². The minimum Gasteiger partial charge on any atom is -0.368 e. The summed E-state index contributed by atoms with van der Waals surface area (Å²) in [6.45, 7) is 1.70. The quantitative estimate of drug-likeness (QED) is 0.499. The standard InChI is InChI=1S/C13H18IN3O2/c14-12-9-11(17(18)19)4-5-13(12)16-8-2-1-3-10(16)6-7-15/h4-5,9-10H,1-3,6-8,15H2. The second kappa shape index (κ2) is 6.51. The Bertz CT molecular complexity index is 465. The average molecular weight is 375 g/mol. The van der Waals surface area contributed by atoms with Crippen LogP contribution in [0.2, 0.25) is 0 Å². The van der Waals surface area contributed by atoms with Crippen LogP contribution in [0.3, 0.4) is 0 Å². The fourth-order valence-corrected chi connectivity index (χ4v) is 3.46. The van der Waals surface area contributed by atoms with E-state index in [9.17, 15) is 10.1 Å². The predicted octanol–water partition coefficient (Wildman–Crippen LogP) is 2.91. The molecule has 5 nitrogen and oxygen atoms in total. The van der Waals surface area contributed by atoms with E-state index in [1.807, 2.05) is 6.07 Å². The van der Waals surface area contributed by atoms with E-state index in [1.165, 1.54) is 12.8 Å². The number of piperidine rings is 1. The van der Waals surface area contributed by atoms with Crippen LogP contribution in [-0.2, 0) is 0 Å². The molecule has 0 aromatic heterocycles. The molecule has 0 saturated carbocycles. The molecule has 1 aromatic carbocycles. The summed E-state index contributed by atoms with van der Waals surface area (Å²) in [6, 6.07) is 5.57. The van der Waals surface area contributed by atoms with Gasteiger partial charge in [0, 0.05) is 28.3 Å². The summed E-state index contributed by atoms with van der Waals surface area (Å²) in [4.78, 5) is 12.8. The molecule has 6 heteroatoms. The van der Waals surface area contributed by atoms with Gasteiger partial charge in [-0.05, 0) is 60.9 Å². The van der Waals surface area contributed by atoms with E-state index in [-0.39, 0.29) is 10.6 Å². The lowest BCUT2D eigenvalue weighted by Gasteiger charge is -2.38. The molecule has 1 aromatic rings. The molecule has 0 bridgehead atoms. The highest BCUT2D eigenvalue weighted by atomic mass is 127. The van der Waals surface area contributed by atoms with Gasteiger partial charge < -0.3 is 10.6 Å². The van der Waals surface area contributed by atoms with Crippen LogP contribution in [-0.4, -0.2) is 24.1 Å². The molecule has 0 amide bonds. The summed E-state index contributed by atoms with van der Waals surface area (Å²) in [5.74, 6) is 0. The molecule has 1 heterocycles. The van der Waals surface area contributed by atoms with Gasteiger partial charge in [-0.25, -0.2) is 0 Å². The second-order valence-electron chi connectivity index (χ2n) is 4.81. The van der Waals surface area contributed by atoms with Gasteiger partial charge in [-0.1, -0.05) is 0 Å². The molecule has 0 spiro atoms. The van der Waals surface area contributed by atoms with Crippen LogP contribution in [0.25, 0.3) is 0 Å². The number of hydrogen-bond acceptors (Lipinski definition) is 4. The van der Waals surface area contributed by atoms with Crippen LogP contribution in [0.15, 0.2) is 18.2 Å². The zero-order valence-electron chi connectivity index (χ0n) is 10.7. The predicted molar refractivity (Wildman–Crippen MR) is 84.5 cm³/mol. The Morgan fingerprint density at radius 2 is 2.26 bits per heavy atom. The Morgan fingerprint density at radius 1 is 1.47 bits per heavy atom. The van der Waals surface area contributed by atoms with Crippen LogP contribution in [0.4, 0.5) is 11.4 Å². The number of anilines is 1. The first-order chi connectivity index (χ1) is 9.13. The summed E-state index contributed by atoms with van der Waals surface area (Å²) >= 11 is 2.18. The van der Waals surface area contributed by atoms with Crippen molar-refractivity contribution in [3.8, 4) is 0 Å². The lowest BCUT2D eigenvalue weighted by Crippen LogP contribution is -2.41. The van der Waals surface area contributed by atoms with E-state index in [2.05, 4.69) is 27.5 Å². The molecule has 2 rings (SSSR count). The van der Waals surface area contributed by atoms with Crippen LogP contribution in [0.5, 0.6) is 0 Å². The van der Waals surface area contributed by atoms with Gasteiger partial charge in [0.2, 0.25) is 0 Å². The summed E-state index contributed by atoms with van der Waals surface area (Å²) in [5, 5.41) is 10.8. The first-order valence-corrected chi connectivity index (χ1v) is 7.62. The van der Waals surface area contributed by atoms with Gasteiger partial charge in [-0.2, -0.15) is 0 Å². The van der Waals surface area contributed by atoms with E-state index in [1.54, 1.807) is 12.1 Å². The van der Waals surface area contributed by atoms with Crippen molar-refractivity contribution in [2.24, 2.45) is 5.73 Å². The normalized spacial score (nSPS) is 19.5. The lowest BCUT2D eigenvalue weighted by atomic mass is 9.98. The number of nitro benzene ring substituents is 1. The summed E-state index contributed by atoms with van der Waals surface area (Å²) in [6.07, 6.45) is 4.55. The molecule has 1 aliphatic heterocycles. The van der Waals surface area contributed by atoms with Crippen molar-refractivity contribution in [2.75, 3.05) is 18.0 Å². The Hall–Kier alpha value is -0.890. The Labute approximate surface area is 126 Å². The fourth-order valence-electron chi connectivity index (χ4n) is 2.65. The maximum Gasteiger partial charge on any atom is 0.270 e. The van der Waals surface area contributed by atoms with Gasteiger partial charge in [0.15, 0.2) is 0 Å². The van der Waals surface area contributed by atoms with Crippen molar-refractivity contribution < 1.29 is 4.92 Å². The minimum atomic E-state index is -0.348. The highest BCUT2D eigenvalue weighted by molar-refractivity contribution is 14.1. The Balaban J connectivity index is 2.26. The van der Waals surface area contributed by atoms with E-state index < -0.39 is 0 Å². The van der Waals surface area contributed by atoms with Crippen LogP contribution in [0.1, 0.15) is 25.7 Å². The summed E-state index contributed by atoms with van der Waals surface area (Å²) in [5.41, 5.74) is 6.94. The average Bonchev–Trinajstić information content (AvgIpc) is 2.40. The molecular formula is C13H18IN3O2. The number of nitro groups is 1. The molecule has 1 unspecified atom stereocenters. The van der Waals surface area contributed by atoms with Gasteiger partial charge in [0.05, 0.1) is 10.6 Å². The highest BCUT2D eigenvalue weighted by Crippen LogP contribution is 2.32. The third-order valence-corrected chi connectivity index (χ3v) is 4.44. The molecule has 1 aliphatic rings. The molecule has 1 saturated heterocycles. The summed E-state index contributed by atoms with van der Waals surface area (Å²) < 4.78 is 0.940. The first kappa shape index (κ1) is 14.5. The third-order valence-electron chi connectivity index (χ3n) is 3.58. The monoisotopic (exact) mass is 375 g/mol. The maximum absolute atomic E-state index is 10.8. The van der Waals surface area contributed by atoms with Crippen molar-refractivity contribution in [3.05, 3.63) is 31.9 Å². The SMILES string of the molecule is NCCC1CCCCN1c1ccc([N+](=O)[O-])cc1I. The number of nitrogens with two attached hydrogens (primary N) is 1. The van der Waals surface area contributed by atoms with Gasteiger partial charge in [0.25, 0.3) is 5.69 Å². The molecular weight excluding hydrogens is 357 g/mol. The van der Waals surface area contributed by atoms with E-state index >= 15 is 0 Å². The Morgan fingerprint density at radius 3 is 2.89 bits per heavy atom. The number of non-ortho nitro benzene ring substituents is 1. The molecule has 1 atom stereocenters. The maximum atomic E-state index is 10.8. The van der Waals surface area contributed by atoms with Crippen molar-refractivity contribution >= 4 is 34.0 Å². The topological polar surface area (TPSA) is 72.4 Å². The highest BCUT2D eigenvalue weighted by Gasteiger charge is 2.24. The van der Waals surface area contributed by atoms with Crippen LogP contribution in [0, 0.1) is 13.7 Å². The smallest absolute Gasteiger partial charge is 0.270 e. The van der Waals surface area contributed by atoms with Crippen molar-refractivity contribution in [2.45, 2.75) is 31.7 Å². The zero-order valence-corrected chi connectivity index (χ0v) is 12.9. The van der Waals surface area contributed by atoms with Crippen LogP contribution >= 0.6 is 22.6 Å². The van der Waals surface area contributed by atoms with Crippen molar-refractivity contribution in [3.63, 3.8) is 0 Å². The second-order valence-corrected chi connectivity index (χ2v) is 5.98. The molecule has 0 aliphatic carbocycles. The van der Waals surface area contributed by atoms with Crippen LogP contribution < -0.4 is 10.6 Å². The first-order valence-electron chi connectivity index (χ1n) is 6.54. The summed E-state index contributed by atoms with van der Waals surface area (Å²) in [7, 11) is 0. The van der Waals surface area contributed by atoms with E-state index in [4.69, 9.17) is 5.73 Å². The number of benzene rings is 1. The molecule has 19 heavy (non-hydrogen) atoms. The number of halogens is 1. The number of hydrogen-bond donors (Lipinski definition) is 1. The minimum absolute atomic E-state index is 0.153. The fraction of sp³-hybridized carbons (Fsp3) is 0.538. The number of rotatable bonds is 4. The van der Waals surface area contributed by atoms with E-state index in [0.29, 0.717) is 12.6 Å². The van der Waals surface area contributed by atoms with Gasteiger partial charge in [-0.3, -0.25) is 10.1 Å². The van der Waals surface area contributed by atoms with Gasteiger partial charge >= 0.3 is 0 Å². The molecule has 1 fully saturated rings. The van der Waals surface area contributed by atoms with Crippen molar-refractivity contribution in [1.82, 2.24) is 0 Å². The largest absolute Gasteiger partial charge is 0.368 e. The third kappa shape index (κ3) is 3.36. The molecule has 2 N–H and O–H groups in total. The van der Waals surface area contributed by atoms with Gasteiger partial charge in [-0.15, -0.1) is 0 Å².